The van der Waals surface area contributed by atoms with Gasteiger partial charge in [-0.2, -0.15) is 0 Å². The molecule has 2 nitrogen and oxygen atoms in total. The predicted molar refractivity (Wildman–Crippen MR) is 36.6 cm³/mol. The number of methoxy groups -OCH3 is 1. The zero-order chi connectivity index (χ0) is 6.41. The Hall–Kier alpha value is 0.137. The molecule has 8 heavy (non-hydrogen) atoms. The molecular weight excluding hydrogens is 120 g/mol. The summed E-state index contributed by atoms with van der Waals surface area (Å²) in [7, 11) is 1.40. The molecular formula is C5H14O2Si. The average molecular weight is 134 g/mol. The highest BCUT2D eigenvalue weighted by atomic mass is 28.2. The Morgan fingerprint density at radius 2 is 2.25 bits per heavy atom. The first-order valence-electron chi connectivity index (χ1n) is 2.99. The maximum absolute atomic E-state index is 5.26. The molecule has 0 spiro atoms. The van der Waals surface area contributed by atoms with E-state index in [1.807, 2.05) is 0 Å². The van der Waals surface area contributed by atoms with E-state index < -0.39 is 0 Å². The van der Waals surface area contributed by atoms with E-state index in [1.54, 1.807) is 7.11 Å². The maximum atomic E-state index is 5.26. The van der Waals surface area contributed by atoms with Gasteiger partial charge in [0.1, 0.15) is 6.29 Å². The maximum Gasteiger partial charge on any atom is 0.161 e. The van der Waals surface area contributed by atoms with Gasteiger partial charge in [0.15, 0.2) is 9.76 Å². The fourth-order valence-corrected chi connectivity index (χ4v) is 1.28. The molecule has 0 saturated carbocycles. The van der Waals surface area contributed by atoms with Gasteiger partial charge in [-0.15, -0.1) is 0 Å². The standard InChI is InChI=1S/C5H14O2Si/c1-4-5(6-2)7-8-3/h5H,4,8H2,1-3H3. The van der Waals surface area contributed by atoms with Crippen LogP contribution < -0.4 is 0 Å². The van der Waals surface area contributed by atoms with Crippen LogP contribution in [0.1, 0.15) is 13.3 Å². The summed E-state index contributed by atoms with van der Waals surface area (Å²) in [6.07, 6.45) is 1.02. The molecule has 0 amide bonds. The molecule has 50 valence electrons. The van der Waals surface area contributed by atoms with Crippen LogP contribution in [0.4, 0.5) is 0 Å². The summed E-state index contributed by atoms with van der Waals surface area (Å²) in [5.41, 5.74) is 0. The molecule has 0 heterocycles. The van der Waals surface area contributed by atoms with Crippen molar-refractivity contribution in [3.63, 3.8) is 0 Å². The van der Waals surface area contributed by atoms with Gasteiger partial charge in [0.2, 0.25) is 0 Å². The molecule has 0 aliphatic heterocycles. The van der Waals surface area contributed by atoms with Crippen molar-refractivity contribution in [2.45, 2.75) is 26.2 Å². The van der Waals surface area contributed by atoms with Crippen molar-refractivity contribution in [1.82, 2.24) is 0 Å². The monoisotopic (exact) mass is 134 g/mol. The lowest BCUT2D eigenvalue weighted by atomic mass is 10.5. The summed E-state index contributed by atoms with van der Waals surface area (Å²) in [4.78, 5) is 0. The summed E-state index contributed by atoms with van der Waals surface area (Å²) < 4.78 is 10.2. The second-order valence-corrected chi connectivity index (χ2v) is 2.44. The zero-order valence-electron chi connectivity index (χ0n) is 5.81. The number of ether oxygens (including phenoxy) is 1. The van der Waals surface area contributed by atoms with Gasteiger partial charge < -0.3 is 9.16 Å². The Balaban J connectivity index is 3.07. The molecule has 0 aromatic rings. The first-order valence-corrected chi connectivity index (χ1v) is 4.98. The van der Waals surface area contributed by atoms with Gasteiger partial charge in [0.05, 0.1) is 0 Å². The smallest absolute Gasteiger partial charge is 0.161 e. The van der Waals surface area contributed by atoms with Crippen LogP contribution in [-0.4, -0.2) is 23.2 Å². The fourth-order valence-electron chi connectivity index (χ4n) is 0.538. The highest BCUT2D eigenvalue weighted by Crippen LogP contribution is 1.95. The minimum Gasteiger partial charge on any atom is -0.400 e. The summed E-state index contributed by atoms with van der Waals surface area (Å²) in [6.45, 7) is 4.15. The van der Waals surface area contributed by atoms with Crippen molar-refractivity contribution in [3.8, 4) is 0 Å². The quantitative estimate of drug-likeness (QED) is 0.412. The lowest BCUT2D eigenvalue weighted by Gasteiger charge is -2.11. The fraction of sp³-hybridized carbons (Fsp3) is 1.00. The first-order chi connectivity index (χ1) is 3.85. The van der Waals surface area contributed by atoms with Crippen LogP contribution in [0.2, 0.25) is 6.55 Å². The zero-order valence-corrected chi connectivity index (χ0v) is 7.22. The van der Waals surface area contributed by atoms with E-state index in [-0.39, 0.29) is 16.1 Å². The van der Waals surface area contributed by atoms with Crippen LogP contribution in [0.15, 0.2) is 0 Å². The molecule has 0 aromatic heterocycles. The number of hydrogen-bond acceptors (Lipinski definition) is 2. The highest BCUT2D eigenvalue weighted by molar-refractivity contribution is 6.24. The van der Waals surface area contributed by atoms with Gasteiger partial charge >= 0.3 is 0 Å². The van der Waals surface area contributed by atoms with Crippen molar-refractivity contribution in [3.05, 3.63) is 0 Å². The molecule has 0 rings (SSSR count). The predicted octanol–water partition coefficient (Wildman–Crippen LogP) is 0.517. The third kappa shape index (κ3) is 3.18. The number of rotatable bonds is 4. The Morgan fingerprint density at radius 3 is 2.38 bits per heavy atom. The molecule has 1 unspecified atom stereocenters. The van der Waals surface area contributed by atoms with Crippen LogP contribution in [0.25, 0.3) is 0 Å². The molecule has 3 heteroatoms. The second-order valence-electron chi connectivity index (χ2n) is 1.53. The summed E-state index contributed by atoms with van der Waals surface area (Å²) in [5, 5.41) is 0. The van der Waals surface area contributed by atoms with E-state index in [9.17, 15) is 0 Å². The normalized spacial score (nSPS) is 15.4. The van der Waals surface area contributed by atoms with Crippen molar-refractivity contribution >= 4 is 9.76 Å². The van der Waals surface area contributed by atoms with E-state index in [1.165, 1.54) is 0 Å². The third-order valence-corrected chi connectivity index (χ3v) is 1.65. The van der Waals surface area contributed by atoms with E-state index in [2.05, 4.69) is 13.5 Å². The molecule has 1 atom stereocenters. The summed E-state index contributed by atoms with van der Waals surface area (Å²) in [5.74, 6) is 0. The molecule has 0 bridgehead atoms. The van der Waals surface area contributed by atoms with Crippen molar-refractivity contribution < 1.29 is 9.16 Å². The van der Waals surface area contributed by atoms with Crippen LogP contribution in [-0.2, 0) is 9.16 Å². The topological polar surface area (TPSA) is 18.5 Å². The van der Waals surface area contributed by atoms with Crippen LogP contribution in [0, 0.1) is 0 Å². The highest BCUT2D eigenvalue weighted by Gasteiger charge is 1.98. The molecule has 0 aromatic carbocycles. The van der Waals surface area contributed by atoms with Gasteiger partial charge in [-0.25, -0.2) is 0 Å². The minimum atomic E-state index is -0.280. The van der Waals surface area contributed by atoms with Crippen molar-refractivity contribution in [2.24, 2.45) is 0 Å². The Bertz CT molecular complexity index is 45.7. The summed E-state index contributed by atoms with van der Waals surface area (Å²) in [6, 6.07) is 0. The average Bonchev–Trinajstić information content (AvgIpc) is 1.83. The molecule has 0 N–H and O–H groups in total. The van der Waals surface area contributed by atoms with Crippen molar-refractivity contribution in [1.29, 1.82) is 0 Å². The van der Waals surface area contributed by atoms with Crippen LogP contribution in [0.3, 0.4) is 0 Å². The van der Waals surface area contributed by atoms with Gasteiger partial charge in [-0.3, -0.25) is 0 Å². The molecule has 0 saturated heterocycles. The molecule has 0 aliphatic rings. The number of hydrogen-bond donors (Lipinski definition) is 0. The van der Waals surface area contributed by atoms with E-state index in [0.29, 0.717) is 0 Å². The Kier molecular flexibility index (Phi) is 5.37. The lowest BCUT2D eigenvalue weighted by Crippen LogP contribution is -2.14. The Morgan fingerprint density at radius 1 is 1.62 bits per heavy atom. The van der Waals surface area contributed by atoms with E-state index in [0.717, 1.165) is 6.42 Å². The van der Waals surface area contributed by atoms with Crippen molar-refractivity contribution in [2.75, 3.05) is 7.11 Å². The van der Waals surface area contributed by atoms with E-state index >= 15 is 0 Å². The van der Waals surface area contributed by atoms with Gasteiger partial charge in [0, 0.05) is 7.11 Å². The largest absolute Gasteiger partial charge is 0.400 e. The van der Waals surface area contributed by atoms with Gasteiger partial charge in [-0.1, -0.05) is 13.5 Å². The van der Waals surface area contributed by atoms with Crippen LogP contribution >= 0.6 is 0 Å². The first kappa shape index (κ1) is 8.14. The molecule has 0 radical (unpaired) electrons. The lowest BCUT2D eigenvalue weighted by molar-refractivity contribution is -0.0533. The second kappa shape index (κ2) is 5.28. The van der Waals surface area contributed by atoms with E-state index in [4.69, 9.17) is 9.16 Å². The third-order valence-electron chi connectivity index (χ3n) is 0.949. The van der Waals surface area contributed by atoms with Gasteiger partial charge in [-0.05, 0) is 6.42 Å². The SMILES string of the molecule is CCC(OC)O[SiH2]C. The molecule has 0 fully saturated rings. The van der Waals surface area contributed by atoms with Gasteiger partial charge in [0.25, 0.3) is 0 Å². The minimum absolute atomic E-state index is 0.0617. The Labute approximate surface area is 53.1 Å². The van der Waals surface area contributed by atoms with Crippen LogP contribution in [0.5, 0.6) is 0 Å². The summed E-state index contributed by atoms with van der Waals surface area (Å²) >= 11 is 0. The molecule has 0 aliphatic carbocycles.